The highest BCUT2D eigenvalue weighted by molar-refractivity contribution is 5.96. The number of fused-ring (bicyclic) bond motifs is 1. The largest absolute Gasteiger partial charge is 0.480 e. The number of carboxylic acids is 1. The van der Waals surface area contributed by atoms with Gasteiger partial charge in [-0.2, -0.15) is 0 Å². The fourth-order valence-electron chi connectivity index (χ4n) is 3.80. The van der Waals surface area contributed by atoms with Gasteiger partial charge in [-0.05, 0) is 35.9 Å². The van der Waals surface area contributed by atoms with Crippen molar-refractivity contribution >= 4 is 28.3 Å². The molecule has 31 heavy (non-hydrogen) atoms. The number of amides is 1. The summed E-state index contributed by atoms with van der Waals surface area (Å²) < 4.78 is 0. The van der Waals surface area contributed by atoms with Gasteiger partial charge in [-0.15, -0.1) is 0 Å². The van der Waals surface area contributed by atoms with Crippen molar-refractivity contribution in [2.24, 2.45) is 0 Å². The molecule has 2 aromatic carbocycles. The van der Waals surface area contributed by atoms with Crippen molar-refractivity contribution in [2.45, 2.75) is 83.6 Å². The molecule has 0 bridgehead atoms. The number of nitrogens with one attached hydrogen (secondary N) is 2. The Kier molecular flexibility index (Phi) is 11.7. The minimum absolute atomic E-state index is 0.0834. The zero-order valence-electron chi connectivity index (χ0n) is 18.9. The van der Waals surface area contributed by atoms with Gasteiger partial charge in [0, 0.05) is 5.69 Å². The predicted octanol–water partition coefficient (Wildman–Crippen LogP) is 6.13. The molecule has 0 spiro atoms. The minimum Gasteiger partial charge on any atom is -0.480 e. The lowest BCUT2D eigenvalue weighted by Crippen LogP contribution is -2.40. The molecule has 0 aliphatic rings. The maximum Gasteiger partial charge on any atom is 0.321 e. The Morgan fingerprint density at radius 1 is 0.839 bits per heavy atom. The summed E-state index contributed by atoms with van der Waals surface area (Å²) in [6.07, 6.45) is 12.3. The van der Waals surface area contributed by atoms with Gasteiger partial charge in [-0.25, -0.2) is 0 Å². The molecule has 2 aromatic rings. The second kappa shape index (κ2) is 14.6. The van der Waals surface area contributed by atoms with Gasteiger partial charge in [0.15, 0.2) is 0 Å². The van der Waals surface area contributed by atoms with Crippen LogP contribution in [0.25, 0.3) is 10.8 Å². The molecule has 1 amide bonds. The summed E-state index contributed by atoms with van der Waals surface area (Å²) in [5.74, 6) is -1.28. The third-order valence-electron chi connectivity index (χ3n) is 5.64. The molecule has 0 radical (unpaired) electrons. The monoisotopic (exact) mass is 426 g/mol. The van der Waals surface area contributed by atoms with E-state index in [0.29, 0.717) is 12.2 Å². The Morgan fingerprint density at radius 3 is 2.10 bits per heavy atom. The van der Waals surface area contributed by atoms with E-state index < -0.39 is 12.0 Å². The number of hydrogen-bond acceptors (Lipinski definition) is 3. The first-order valence-corrected chi connectivity index (χ1v) is 11.8. The van der Waals surface area contributed by atoms with Gasteiger partial charge in [-0.1, -0.05) is 95.0 Å². The van der Waals surface area contributed by atoms with Gasteiger partial charge in [0.1, 0.15) is 6.04 Å². The molecule has 0 aromatic heterocycles. The van der Waals surface area contributed by atoms with Crippen LogP contribution in [0.2, 0.25) is 0 Å². The SMILES string of the molecule is CCCCCCCCCCCCNC(CC(=O)Nc1ccc2ccccc2c1)C(=O)O. The van der Waals surface area contributed by atoms with Crippen LogP contribution in [0.5, 0.6) is 0 Å². The number of anilines is 1. The van der Waals surface area contributed by atoms with Crippen molar-refractivity contribution in [2.75, 3.05) is 11.9 Å². The lowest BCUT2D eigenvalue weighted by molar-refractivity contribution is -0.141. The van der Waals surface area contributed by atoms with Crippen molar-refractivity contribution in [3.8, 4) is 0 Å². The summed E-state index contributed by atoms with van der Waals surface area (Å²) in [7, 11) is 0. The van der Waals surface area contributed by atoms with Crippen molar-refractivity contribution in [1.29, 1.82) is 0 Å². The van der Waals surface area contributed by atoms with E-state index in [1.807, 2.05) is 42.5 Å². The van der Waals surface area contributed by atoms with E-state index in [0.717, 1.165) is 23.6 Å². The molecule has 0 saturated heterocycles. The molecule has 0 fully saturated rings. The quantitative estimate of drug-likeness (QED) is 0.282. The first-order valence-electron chi connectivity index (χ1n) is 11.8. The van der Waals surface area contributed by atoms with Crippen LogP contribution < -0.4 is 10.6 Å². The average molecular weight is 427 g/mol. The van der Waals surface area contributed by atoms with Gasteiger partial charge in [-0.3, -0.25) is 9.59 Å². The Hall–Kier alpha value is -2.40. The number of carbonyl (C=O) groups is 2. The molecule has 0 aliphatic heterocycles. The smallest absolute Gasteiger partial charge is 0.321 e. The third kappa shape index (κ3) is 9.97. The van der Waals surface area contributed by atoms with Gasteiger partial charge in [0.25, 0.3) is 0 Å². The molecule has 0 heterocycles. The van der Waals surface area contributed by atoms with E-state index in [-0.39, 0.29) is 12.3 Å². The summed E-state index contributed by atoms with van der Waals surface area (Å²) in [5, 5.41) is 17.4. The molecule has 1 unspecified atom stereocenters. The van der Waals surface area contributed by atoms with Crippen LogP contribution in [0.15, 0.2) is 42.5 Å². The van der Waals surface area contributed by atoms with Crippen molar-refractivity contribution < 1.29 is 14.7 Å². The van der Waals surface area contributed by atoms with Crippen molar-refractivity contribution in [1.82, 2.24) is 5.32 Å². The van der Waals surface area contributed by atoms with Crippen LogP contribution in [0.3, 0.4) is 0 Å². The molecule has 170 valence electrons. The number of carboxylic acid groups (broad SMARTS) is 1. The number of benzene rings is 2. The van der Waals surface area contributed by atoms with Gasteiger partial charge in [0.05, 0.1) is 6.42 Å². The Bertz CT molecular complexity index is 806. The van der Waals surface area contributed by atoms with Crippen molar-refractivity contribution in [3.05, 3.63) is 42.5 Å². The highest BCUT2D eigenvalue weighted by atomic mass is 16.4. The lowest BCUT2D eigenvalue weighted by Gasteiger charge is -2.14. The van der Waals surface area contributed by atoms with E-state index >= 15 is 0 Å². The number of unbranched alkanes of at least 4 members (excludes halogenated alkanes) is 9. The third-order valence-corrected chi connectivity index (χ3v) is 5.64. The predicted molar refractivity (Wildman–Crippen MR) is 128 cm³/mol. The Balaban J connectivity index is 1.63. The maximum atomic E-state index is 12.4. The Morgan fingerprint density at radius 2 is 1.45 bits per heavy atom. The highest BCUT2D eigenvalue weighted by Gasteiger charge is 2.20. The number of aliphatic carboxylic acids is 1. The summed E-state index contributed by atoms with van der Waals surface area (Å²) in [6.45, 7) is 2.86. The van der Waals surface area contributed by atoms with E-state index in [4.69, 9.17) is 0 Å². The summed E-state index contributed by atoms with van der Waals surface area (Å²) in [4.78, 5) is 23.9. The molecule has 0 aliphatic carbocycles. The topological polar surface area (TPSA) is 78.4 Å². The second-order valence-corrected chi connectivity index (χ2v) is 8.34. The van der Waals surface area contributed by atoms with Crippen LogP contribution in [0.1, 0.15) is 77.6 Å². The zero-order valence-corrected chi connectivity index (χ0v) is 18.9. The van der Waals surface area contributed by atoms with Gasteiger partial charge < -0.3 is 15.7 Å². The lowest BCUT2D eigenvalue weighted by atomic mass is 10.1. The molecule has 5 heteroatoms. The first-order chi connectivity index (χ1) is 15.1. The molecule has 3 N–H and O–H groups in total. The molecular formula is C26H38N2O3. The molecule has 5 nitrogen and oxygen atoms in total. The normalized spacial score (nSPS) is 12.0. The zero-order chi connectivity index (χ0) is 22.3. The maximum absolute atomic E-state index is 12.4. The summed E-state index contributed by atoms with van der Waals surface area (Å²) in [5.41, 5.74) is 0.683. The van der Waals surface area contributed by atoms with Gasteiger partial charge in [0.2, 0.25) is 5.91 Å². The number of carbonyl (C=O) groups excluding carboxylic acids is 1. The fourth-order valence-corrected chi connectivity index (χ4v) is 3.80. The molecule has 0 saturated carbocycles. The van der Waals surface area contributed by atoms with E-state index in [1.165, 1.54) is 51.4 Å². The molecule has 1 atom stereocenters. The van der Waals surface area contributed by atoms with Crippen LogP contribution in [0, 0.1) is 0 Å². The first kappa shape index (κ1) is 24.9. The van der Waals surface area contributed by atoms with Crippen molar-refractivity contribution in [3.63, 3.8) is 0 Å². The summed E-state index contributed by atoms with van der Waals surface area (Å²) >= 11 is 0. The number of rotatable bonds is 16. The standard InChI is InChI=1S/C26H38N2O3/c1-2-3-4-5-6-7-8-9-10-13-18-27-24(26(30)31)20-25(29)28-23-17-16-21-14-11-12-15-22(21)19-23/h11-12,14-17,19,24,27H,2-10,13,18,20H2,1H3,(H,28,29)(H,30,31). The van der Waals surface area contributed by atoms with Crippen LogP contribution in [0.4, 0.5) is 5.69 Å². The second-order valence-electron chi connectivity index (χ2n) is 8.34. The highest BCUT2D eigenvalue weighted by Crippen LogP contribution is 2.19. The number of hydrogen-bond donors (Lipinski definition) is 3. The fraction of sp³-hybridized carbons (Fsp3) is 0.538. The molecular weight excluding hydrogens is 388 g/mol. The average Bonchev–Trinajstić information content (AvgIpc) is 2.76. The van der Waals surface area contributed by atoms with Crippen LogP contribution in [-0.4, -0.2) is 29.6 Å². The van der Waals surface area contributed by atoms with Crippen LogP contribution >= 0.6 is 0 Å². The van der Waals surface area contributed by atoms with E-state index in [9.17, 15) is 14.7 Å². The minimum atomic E-state index is -0.985. The van der Waals surface area contributed by atoms with E-state index in [1.54, 1.807) is 0 Å². The van der Waals surface area contributed by atoms with Crippen LogP contribution in [-0.2, 0) is 9.59 Å². The molecule has 2 rings (SSSR count). The van der Waals surface area contributed by atoms with Gasteiger partial charge >= 0.3 is 5.97 Å². The van der Waals surface area contributed by atoms with E-state index in [2.05, 4.69) is 17.6 Å². The Labute approximate surface area is 186 Å². The summed E-state index contributed by atoms with van der Waals surface area (Å²) in [6, 6.07) is 12.7.